The number of hydrogen-bond acceptors (Lipinski definition) is 4. The van der Waals surface area contributed by atoms with Crippen LogP contribution in [0.1, 0.15) is 18.4 Å². The molecule has 2 aromatic rings. The van der Waals surface area contributed by atoms with Crippen molar-refractivity contribution in [2.24, 2.45) is 10.9 Å². The summed E-state index contributed by atoms with van der Waals surface area (Å²) in [6.45, 7) is 5.86. The molecule has 0 spiro atoms. The molecule has 1 aromatic carbocycles. The third-order valence-corrected chi connectivity index (χ3v) is 6.28. The number of benzene rings is 1. The predicted octanol–water partition coefficient (Wildman–Crippen LogP) is 2.53. The van der Waals surface area contributed by atoms with E-state index >= 15 is 0 Å². The first-order chi connectivity index (χ1) is 15.2. The lowest BCUT2D eigenvalue weighted by Gasteiger charge is -2.21. The Morgan fingerprint density at radius 2 is 2.00 bits per heavy atom. The monoisotopic (exact) mass is 424 g/mol. The second-order valence-electron chi connectivity index (χ2n) is 8.53. The fraction of sp³-hybridized carbons (Fsp3) is 0.500. The second kappa shape index (κ2) is 10.6. The molecule has 2 atom stereocenters. The van der Waals surface area contributed by atoms with Gasteiger partial charge in [0.1, 0.15) is 0 Å². The highest BCUT2D eigenvalue weighted by atomic mass is 19.1. The van der Waals surface area contributed by atoms with E-state index in [0.717, 1.165) is 51.5 Å². The summed E-state index contributed by atoms with van der Waals surface area (Å²) in [5, 5.41) is 7.00. The Hall–Kier alpha value is -2.67. The molecule has 0 radical (unpaired) electrons. The summed E-state index contributed by atoms with van der Waals surface area (Å²) < 4.78 is 14.0. The van der Waals surface area contributed by atoms with Gasteiger partial charge in [0.25, 0.3) is 0 Å². The van der Waals surface area contributed by atoms with Gasteiger partial charge in [0, 0.05) is 52.0 Å². The van der Waals surface area contributed by atoms with E-state index in [1.807, 2.05) is 4.90 Å². The number of anilines is 1. The molecule has 0 aliphatic carbocycles. The van der Waals surface area contributed by atoms with E-state index in [1.165, 1.54) is 24.6 Å². The molecule has 1 aromatic heterocycles. The lowest BCUT2D eigenvalue weighted by atomic mass is 10.1. The van der Waals surface area contributed by atoms with Crippen molar-refractivity contribution in [3.8, 4) is 0 Å². The van der Waals surface area contributed by atoms with Gasteiger partial charge in [0.05, 0.1) is 0 Å². The number of hydrogen-bond donors (Lipinski definition) is 2. The van der Waals surface area contributed by atoms with Crippen LogP contribution in [0.5, 0.6) is 0 Å². The van der Waals surface area contributed by atoms with Crippen LogP contribution in [0.15, 0.2) is 53.7 Å². The van der Waals surface area contributed by atoms with Crippen molar-refractivity contribution in [3.63, 3.8) is 0 Å². The normalized spacial score (nSPS) is 22.1. The zero-order valence-electron chi connectivity index (χ0n) is 18.3. The quantitative estimate of drug-likeness (QED) is 0.529. The molecule has 0 saturated carbocycles. The van der Waals surface area contributed by atoms with E-state index in [-0.39, 0.29) is 11.9 Å². The average Bonchev–Trinajstić information content (AvgIpc) is 3.46. The summed E-state index contributed by atoms with van der Waals surface area (Å²) in [7, 11) is 1.81. The first-order valence-corrected chi connectivity index (χ1v) is 11.3. The van der Waals surface area contributed by atoms with Gasteiger partial charge in [0.2, 0.25) is 0 Å². The first-order valence-electron chi connectivity index (χ1n) is 11.3. The lowest BCUT2D eigenvalue weighted by molar-refractivity contribution is 0.328. The minimum absolute atomic E-state index is 0.235. The van der Waals surface area contributed by atoms with Crippen LogP contribution in [-0.2, 0) is 6.42 Å². The van der Waals surface area contributed by atoms with Gasteiger partial charge in [-0.3, -0.25) is 4.99 Å². The van der Waals surface area contributed by atoms with E-state index in [0.29, 0.717) is 11.7 Å². The number of nitrogens with one attached hydrogen (secondary N) is 2. The summed E-state index contributed by atoms with van der Waals surface area (Å²) in [6.07, 6.45) is 4.91. The Kier molecular flexibility index (Phi) is 7.35. The molecule has 2 aliphatic rings. The van der Waals surface area contributed by atoms with Crippen molar-refractivity contribution < 1.29 is 4.39 Å². The van der Waals surface area contributed by atoms with E-state index in [2.05, 4.69) is 55.8 Å². The molecule has 2 N–H and O–H groups in total. The van der Waals surface area contributed by atoms with Crippen molar-refractivity contribution in [2.75, 3.05) is 51.2 Å². The summed E-state index contributed by atoms with van der Waals surface area (Å²) in [4.78, 5) is 13.2. The van der Waals surface area contributed by atoms with Crippen LogP contribution in [0.4, 0.5) is 10.2 Å². The van der Waals surface area contributed by atoms with Crippen molar-refractivity contribution in [1.82, 2.24) is 20.5 Å². The average molecular weight is 425 g/mol. The second-order valence-corrected chi connectivity index (χ2v) is 8.53. The molecule has 7 heteroatoms. The Labute approximate surface area is 184 Å². The van der Waals surface area contributed by atoms with Gasteiger partial charge >= 0.3 is 0 Å². The fourth-order valence-corrected chi connectivity index (χ4v) is 4.52. The maximum absolute atomic E-state index is 14.0. The zero-order valence-corrected chi connectivity index (χ0v) is 18.3. The van der Waals surface area contributed by atoms with Crippen LogP contribution in [0.25, 0.3) is 0 Å². The van der Waals surface area contributed by atoms with E-state index < -0.39 is 0 Å². The smallest absolute Gasteiger partial charge is 0.191 e. The summed E-state index contributed by atoms with van der Waals surface area (Å²) in [5.74, 6) is 1.65. The van der Waals surface area contributed by atoms with Crippen LogP contribution in [0.3, 0.4) is 0 Å². The molecule has 3 heterocycles. The van der Waals surface area contributed by atoms with E-state index in [4.69, 9.17) is 0 Å². The third kappa shape index (κ3) is 5.94. The highest BCUT2D eigenvalue weighted by Crippen LogP contribution is 2.21. The van der Waals surface area contributed by atoms with Gasteiger partial charge in [-0.15, -0.1) is 0 Å². The maximum atomic E-state index is 14.0. The molecule has 2 aliphatic heterocycles. The standard InChI is InChI=1S/C24H33FN6/c1-26-24(29-21-11-15-31(18-21)23-22(25)8-5-12-27-23)28-16-20-10-14-30(17-20)13-9-19-6-3-2-4-7-19/h2-8,12,20-21H,9-11,13-18H2,1H3,(H2,26,28,29). The molecule has 6 nitrogen and oxygen atoms in total. The van der Waals surface area contributed by atoms with Crippen LogP contribution < -0.4 is 15.5 Å². The number of pyridine rings is 1. The molecule has 0 bridgehead atoms. The number of aliphatic imine (C=N–C) groups is 1. The first kappa shape index (κ1) is 21.6. The number of nitrogens with zero attached hydrogens (tertiary/aromatic N) is 4. The van der Waals surface area contributed by atoms with Crippen molar-refractivity contribution in [2.45, 2.75) is 25.3 Å². The maximum Gasteiger partial charge on any atom is 0.191 e. The van der Waals surface area contributed by atoms with E-state index in [1.54, 1.807) is 19.3 Å². The Morgan fingerprint density at radius 1 is 1.13 bits per heavy atom. The Bertz CT molecular complexity index is 858. The summed E-state index contributed by atoms with van der Waals surface area (Å²) in [5.41, 5.74) is 1.41. The predicted molar refractivity (Wildman–Crippen MR) is 124 cm³/mol. The SMILES string of the molecule is CN=C(NCC1CCN(CCc2ccccc2)C1)NC1CCN(c2ncccc2F)C1. The van der Waals surface area contributed by atoms with Crippen LogP contribution in [-0.4, -0.2) is 68.2 Å². The Morgan fingerprint density at radius 3 is 2.81 bits per heavy atom. The molecular weight excluding hydrogens is 391 g/mol. The number of halogens is 1. The van der Waals surface area contributed by atoms with Gasteiger partial charge in [-0.05, 0) is 49.4 Å². The largest absolute Gasteiger partial charge is 0.356 e. The topological polar surface area (TPSA) is 55.8 Å². The van der Waals surface area contributed by atoms with Gasteiger partial charge in [-0.25, -0.2) is 9.37 Å². The number of likely N-dealkylation sites (tertiary alicyclic amines) is 1. The highest BCUT2D eigenvalue weighted by Gasteiger charge is 2.27. The molecule has 166 valence electrons. The molecule has 2 saturated heterocycles. The highest BCUT2D eigenvalue weighted by molar-refractivity contribution is 5.80. The Balaban J connectivity index is 1.18. The zero-order chi connectivity index (χ0) is 21.5. The minimum atomic E-state index is -0.260. The van der Waals surface area contributed by atoms with Crippen molar-refractivity contribution in [3.05, 3.63) is 60.0 Å². The van der Waals surface area contributed by atoms with Crippen LogP contribution in [0.2, 0.25) is 0 Å². The number of guanidine groups is 1. The molecular formula is C24H33FN6. The third-order valence-electron chi connectivity index (χ3n) is 6.28. The summed E-state index contributed by atoms with van der Waals surface area (Å²) in [6, 6.07) is 14.0. The summed E-state index contributed by atoms with van der Waals surface area (Å²) >= 11 is 0. The lowest BCUT2D eigenvalue weighted by Crippen LogP contribution is -2.46. The van der Waals surface area contributed by atoms with Crippen molar-refractivity contribution >= 4 is 11.8 Å². The molecule has 2 fully saturated rings. The van der Waals surface area contributed by atoms with Crippen LogP contribution in [0, 0.1) is 11.7 Å². The molecule has 0 amide bonds. The van der Waals surface area contributed by atoms with Crippen molar-refractivity contribution in [1.29, 1.82) is 0 Å². The fourth-order valence-electron chi connectivity index (χ4n) is 4.52. The van der Waals surface area contributed by atoms with Gasteiger partial charge in [-0.2, -0.15) is 0 Å². The van der Waals surface area contributed by atoms with Crippen LogP contribution >= 0.6 is 0 Å². The number of aromatic nitrogens is 1. The van der Waals surface area contributed by atoms with Gasteiger partial charge in [-0.1, -0.05) is 30.3 Å². The molecule has 2 unspecified atom stereocenters. The van der Waals surface area contributed by atoms with E-state index in [9.17, 15) is 4.39 Å². The number of rotatable bonds is 7. The van der Waals surface area contributed by atoms with Gasteiger partial charge in [0.15, 0.2) is 17.6 Å². The minimum Gasteiger partial charge on any atom is -0.356 e. The molecule has 4 rings (SSSR count). The van der Waals surface area contributed by atoms with Gasteiger partial charge < -0.3 is 20.4 Å². The molecule has 31 heavy (non-hydrogen) atoms.